The first-order valence-corrected chi connectivity index (χ1v) is 10.1. The van der Waals surface area contributed by atoms with Gasteiger partial charge in [0.25, 0.3) is 11.4 Å². The Morgan fingerprint density at radius 1 is 1.06 bits per heavy atom. The molecule has 164 valence electrons. The fraction of sp³-hybridized carbons (Fsp3) is 0.136. The summed E-state index contributed by atoms with van der Waals surface area (Å²) in [5.41, 5.74) is 3.93. The molecule has 0 unspecified atom stereocenters. The molecule has 0 aliphatic rings. The molecular weight excluding hydrogens is 424 g/mol. The van der Waals surface area contributed by atoms with Crippen LogP contribution in [0.1, 0.15) is 18.3 Å². The number of carbonyl (C=O) groups excluding carboxylic acids is 1. The number of aryl methyl sites for hydroxylation is 1. The predicted octanol–water partition coefficient (Wildman–Crippen LogP) is 2.25. The summed E-state index contributed by atoms with van der Waals surface area (Å²) in [7, 11) is 0. The SMILES string of the molecule is CC(=O)Oc1n[nH]c(=O)c2c1nc(C)n2Cc1ccc(-c2ccccc2-c2nn[nH]n2)cc1. The van der Waals surface area contributed by atoms with Gasteiger partial charge in [-0.3, -0.25) is 9.59 Å². The Bertz CT molecular complexity index is 1520. The van der Waals surface area contributed by atoms with Crippen LogP contribution in [0.3, 0.4) is 0 Å². The minimum atomic E-state index is -0.542. The number of esters is 1. The lowest BCUT2D eigenvalue weighted by Crippen LogP contribution is -2.15. The summed E-state index contributed by atoms with van der Waals surface area (Å²) in [5, 5.41) is 20.5. The van der Waals surface area contributed by atoms with E-state index in [9.17, 15) is 9.59 Å². The summed E-state index contributed by atoms with van der Waals surface area (Å²) < 4.78 is 6.86. The van der Waals surface area contributed by atoms with Crippen molar-refractivity contribution in [1.29, 1.82) is 0 Å². The summed E-state index contributed by atoms with van der Waals surface area (Å²) >= 11 is 0. The van der Waals surface area contributed by atoms with Crippen LogP contribution in [0.5, 0.6) is 5.88 Å². The van der Waals surface area contributed by atoms with Crippen LogP contribution >= 0.6 is 0 Å². The molecule has 0 bridgehead atoms. The molecule has 2 N–H and O–H groups in total. The average molecular weight is 442 g/mol. The highest BCUT2D eigenvalue weighted by Gasteiger charge is 2.18. The van der Waals surface area contributed by atoms with E-state index in [1.807, 2.05) is 48.5 Å². The number of H-pyrrole nitrogens is 2. The fourth-order valence-corrected chi connectivity index (χ4v) is 3.73. The number of hydrogen-bond donors (Lipinski definition) is 2. The molecule has 3 aromatic heterocycles. The number of hydrogen-bond acceptors (Lipinski definition) is 8. The van der Waals surface area contributed by atoms with Gasteiger partial charge < -0.3 is 9.30 Å². The lowest BCUT2D eigenvalue weighted by atomic mass is 9.98. The molecule has 0 saturated heterocycles. The van der Waals surface area contributed by atoms with E-state index in [4.69, 9.17) is 4.74 Å². The second kappa shape index (κ2) is 8.11. The summed E-state index contributed by atoms with van der Waals surface area (Å²) in [6, 6.07) is 15.8. The molecule has 0 spiro atoms. The van der Waals surface area contributed by atoms with Gasteiger partial charge in [-0.25, -0.2) is 10.1 Å². The summed E-state index contributed by atoms with van der Waals surface area (Å²) in [6.07, 6.45) is 0. The maximum absolute atomic E-state index is 12.5. The fourth-order valence-electron chi connectivity index (χ4n) is 3.73. The highest BCUT2D eigenvalue weighted by atomic mass is 16.5. The molecule has 3 heterocycles. The van der Waals surface area contributed by atoms with E-state index in [0.29, 0.717) is 23.7 Å². The molecule has 0 aliphatic heterocycles. The third-order valence-corrected chi connectivity index (χ3v) is 5.19. The minimum Gasteiger partial charge on any atom is -0.404 e. The molecule has 0 saturated carbocycles. The largest absolute Gasteiger partial charge is 0.404 e. The first kappa shape index (κ1) is 20.2. The Morgan fingerprint density at radius 3 is 2.52 bits per heavy atom. The Kier molecular flexibility index (Phi) is 4.98. The first-order chi connectivity index (χ1) is 16.0. The van der Waals surface area contributed by atoms with Crippen LogP contribution in [0.4, 0.5) is 0 Å². The van der Waals surface area contributed by atoms with Gasteiger partial charge in [-0.05, 0) is 28.8 Å². The standard InChI is InChI=1S/C22H18N8O3/c1-12-23-18-19(21(32)26-27-22(18)33-13(2)31)30(12)11-14-7-9-15(10-8-14)16-5-3-4-6-17(16)20-24-28-29-25-20/h3-10H,11H2,1-2H3,(H,26,32)(H,24,25,28,29). The zero-order chi connectivity index (χ0) is 22.9. The molecule has 5 aromatic rings. The van der Waals surface area contributed by atoms with Crippen molar-refractivity contribution >= 4 is 17.0 Å². The predicted molar refractivity (Wildman–Crippen MR) is 118 cm³/mol. The van der Waals surface area contributed by atoms with Crippen LogP contribution in [0.25, 0.3) is 33.5 Å². The zero-order valence-electron chi connectivity index (χ0n) is 17.7. The number of carbonyl (C=O) groups is 1. The minimum absolute atomic E-state index is 0.0210. The Balaban J connectivity index is 1.50. The van der Waals surface area contributed by atoms with Crippen molar-refractivity contribution in [2.75, 3.05) is 0 Å². The molecule has 11 heteroatoms. The van der Waals surface area contributed by atoms with Gasteiger partial charge in [0.1, 0.15) is 11.3 Å². The quantitative estimate of drug-likeness (QED) is 0.394. The van der Waals surface area contributed by atoms with Crippen LogP contribution in [-0.2, 0) is 11.3 Å². The number of ether oxygens (including phenoxy) is 1. The number of aromatic amines is 2. The third-order valence-electron chi connectivity index (χ3n) is 5.19. The van der Waals surface area contributed by atoms with Crippen molar-refractivity contribution in [2.45, 2.75) is 20.4 Å². The van der Waals surface area contributed by atoms with E-state index in [1.165, 1.54) is 6.92 Å². The van der Waals surface area contributed by atoms with Crippen molar-refractivity contribution in [2.24, 2.45) is 0 Å². The van der Waals surface area contributed by atoms with Crippen molar-refractivity contribution in [1.82, 2.24) is 40.4 Å². The summed E-state index contributed by atoms with van der Waals surface area (Å²) in [4.78, 5) is 28.3. The Morgan fingerprint density at radius 2 is 1.82 bits per heavy atom. The number of rotatable bonds is 5. The van der Waals surface area contributed by atoms with Crippen molar-refractivity contribution in [3.05, 3.63) is 70.3 Å². The Hall–Kier alpha value is -4.67. The lowest BCUT2D eigenvalue weighted by molar-refractivity contribution is -0.132. The molecule has 0 fully saturated rings. The molecule has 33 heavy (non-hydrogen) atoms. The highest BCUT2D eigenvalue weighted by Crippen LogP contribution is 2.30. The number of imidazole rings is 1. The number of aromatic nitrogens is 8. The van der Waals surface area contributed by atoms with Gasteiger partial charge >= 0.3 is 5.97 Å². The molecule has 0 amide bonds. The molecule has 5 rings (SSSR count). The van der Waals surface area contributed by atoms with E-state index >= 15 is 0 Å². The van der Waals surface area contributed by atoms with E-state index in [-0.39, 0.29) is 11.4 Å². The number of fused-ring (bicyclic) bond motifs is 1. The number of nitrogens with zero attached hydrogens (tertiary/aromatic N) is 6. The summed E-state index contributed by atoms with van der Waals surface area (Å²) in [6.45, 7) is 3.45. The summed E-state index contributed by atoms with van der Waals surface area (Å²) in [5.74, 6) is 0.558. The van der Waals surface area contributed by atoms with Gasteiger partial charge in [-0.1, -0.05) is 48.5 Å². The van der Waals surface area contributed by atoms with Gasteiger partial charge in [-0.15, -0.1) is 15.3 Å². The van der Waals surface area contributed by atoms with Crippen LogP contribution in [0.15, 0.2) is 53.3 Å². The van der Waals surface area contributed by atoms with Crippen LogP contribution in [-0.4, -0.2) is 46.3 Å². The number of benzene rings is 2. The van der Waals surface area contributed by atoms with E-state index in [0.717, 1.165) is 22.3 Å². The zero-order valence-corrected chi connectivity index (χ0v) is 17.7. The first-order valence-electron chi connectivity index (χ1n) is 10.1. The highest BCUT2D eigenvalue weighted by molar-refractivity contribution is 5.83. The number of nitrogens with one attached hydrogen (secondary N) is 2. The van der Waals surface area contributed by atoms with E-state index < -0.39 is 11.5 Å². The molecule has 0 atom stereocenters. The van der Waals surface area contributed by atoms with Gasteiger partial charge in [0.05, 0.1) is 0 Å². The number of tetrazole rings is 1. The average Bonchev–Trinajstić information content (AvgIpc) is 3.45. The second-order valence-electron chi connectivity index (χ2n) is 7.37. The lowest BCUT2D eigenvalue weighted by Gasteiger charge is -2.10. The maximum atomic E-state index is 12.5. The smallest absolute Gasteiger partial charge is 0.309 e. The van der Waals surface area contributed by atoms with Gasteiger partial charge in [0, 0.05) is 19.0 Å². The topological polar surface area (TPSA) is 144 Å². The molecule has 0 radical (unpaired) electrons. The van der Waals surface area contributed by atoms with E-state index in [2.05, 4.69) is 35.8 Å². The Labute approximate surface area is 186 Å². The third kappa shape index (κ3) is 3.76. The van der Waals surface area contributed by atoms with Crippen LogP contribution in [0, 0.1) is 6.92 Å². The van der Waals surface area contributed by atoms with Crippen LogP contribution < -0.4 is 10.3 Å². The molecule has 11 nitrogen and oxygen atoms in total. The molecule has 2 aromatic carbocycles. The van der Waals surface area contributed by atoms with E-state index in [1.54, 1.807) is 11.5 Å². The van der Waals surface area contributed by atoms with Crippen molar-refractivity contribution < 1.29 is 9.53 Å². The monoisotopic (exact) mass is 442 g/mol. The second-order valence-corrected chi connectivity index (χ2v) is 7.37. The van der Waals surface area contributed by atoms with Crippen LogP contribution in [0.2, 0.25) is 0 Å². The molecular formula is C22H18N8O3. The van der Waals surface area contributed by atoms with Gasteiger partial charge in [-0.2, -0.15) is 5.21 Å². The normalized spacial score (nSPS) is 11.1. The van der Waals surface area contributed by atoms with Gasteiger partial charge in [0.2, 0.25) is 5.82 Å². The maximum Gasteiger partial charge on any atom is 0.309 e. The van der Waals surface area contributed by atoms with Crippen molar-refractivity contribution in [3.63, 3.8) is 0 Å². The molecule has 0 aliphatic carbocycles. The van der Waals surface area contributed by atoms with Crippen molar-refractivity contribution in [3.8, 4) is 28.4 Å². The van der Waals surface area contributed by atoms with Gasteiger partial charge in [0.15, 0.2) is 5.52 Å².